The number of ether oxygens (including phenoxy) is 1. The zero-order valence-electron chi connectivity index (χ0n) is 17.4. The van der Waals surface area contributed by atoms with Crippen LogP contribution < -0.4 is 11.1 Å². The van der Waals surface area contributed by atoms with Crippen LogP contribution >= 0.6 is 23.1 Å². The number of thiazole rings is 1. The lowest BCUT2D eigenvalue weighted by Gasteiger charge is -2.49. The summed E-state index contributed by atoms with van der Waals surface area (Å²) in [6.45, 7) is 0.0523. The Labute approximate surface area is 171 Å². The Morgan fingerprint density at radius 1 is 1.61 bits per heavy atom. The van der Waals surface area contributed by atoms with Gasteiger partial charge >= 0.3 is 5.97 Å². The molecule has 11 nitrogen and oxygen atoms in total. The number of carbonyl (C=O) groups excluding carboxylic acids is 2. The Balaban J connectivity index is 1.81. The third-order valence-electron chi connectivity index (χ3n) is 3.97. The van der Waals surface area contributed by atoms with Crippen LogP contribution in [0.15, 0.2) is 21.8 Å². The van der Waals surface area contributed by atoms with E-state index in [2.05, 4.69) is 20.3 Å². The SMILES string of the molecule is [2H][13C]([2H])([2H])O/N=C(/C(=O)N[C@@H]1C(=O)N2C(C(=O)O)=C(COC)CS[C@H]12)c1csc(N)n1. The maximum atomic E-state index is 12.8. The Morgan fingerprint density at radius 3 is 3.00 bits per heavy atom. The summed E-state index contributed by atoms with van der Waals surface area (Å²) in [4.78, 5) is 46.4. The number of nitrogen functional groups attached to an aromatic ring is 1. The molecule has 3 heterocycles. The van der Waals surface area contributed by atoms with Gasteiger partial charge in [-0.2, -0.15) is 0 Å². The van der Waals surface area contributed by atoms with E-state index in [1.165, 1.54) is 24.3 Å². The van der Waals surface area contributed by atoms with Gasteiger partial charge in [0.05, 0.1) is 10.7 Å². The van der Waals surface area contributed by atoms with Gasteiger partial charge in [0.15, 0.2) is 10.8 Å². The molecule has 0 bridgehead atoms. The van der Waals surface area contributed by atoms with E-state index in [0.717, 1.165) is 16.2 Å². The van der Waals surface area contributed by atoms with Crippen LogP contribution in [-0.2, 0) is 24.0 Å². The zero-order valence-corrected chi connectivity index (χ0v) is 16.0. The Bertz CT molecular complexity index is 979. The summed E-state index contributed by atoms with van der Waals surface area (Å²) in [7, 11) is -1.49. The molecule has 0 aromatic carbocycles. The standard InChI is InChI=1S/C15H17N5O6S2/c1-25-3-6-4-27-13-9(12(22)20(13)10(6)14(23)24)18-11(21)8(19-26-2)7-5-28-15(16)17-7/h5,9,13H,3-4H2,1-2H3,(H2,16,17)(H,18,21)(H,23,24)/b19-8+/t9-,13-/m1/s1/i2+1D3. The number of nitrogens with one attached hydrogen (secondary N) is 1. The molecule has 2 amide bonds. The highest BCUT2D eigenvalue weighted by molar-refractivity contribution is 8.00. The fraction of sp³-hybridized carbons (Fsp3) is 0.400. The number of carbonyl (C=O) groups is 3. The number of aliphatic carboxylic acids is 1. The molecule has 0 aliphatic carbocycles. The molecule has 13 heteroatoms. The number of fused-ring (bicyclic) bond motifs is 1. The first-order chi connectivity index (χ1) is 14.5. The van der Waals surface area contributed by atoms with Crippen LogP contribution in [0.3, 0.4) is 0 Å². The van der Waals surface area contributed by atoms with Crippen molar-refractivity contribution in [3.05, 3.63) is 22.3 Å². The topological polar surface area (TPSA) is 156 Å². The van der Waals surface area contributed by atoms with E-state index in [1.54, 1.807) is 0 Å². The predicted octanol–water partition coefficient (Wildman–Crippen LogP) is -0.539. The lowest BCUT2D eigenvalue weighted by atomic mass is 10.0. The maximum absolute atomic E-state index is 12.8. The van der Waals surface area contributed by atoms with Crippen LogP contribution in [0.5, 0.6) is 0 Å². The quantitative estimate of drug-likeness (QED) is 0.223. The van der Waals surface area contributed by atoms with Crippen molar-refractivity contribution in [2.75, 3.05) is 32.2 Å². The van der Waals surface area contributed by atoms with Gasteiger partial charge < -0.3 is 25.7 Å². The van der Waals surface area contributed by atoms with Gasteiger partial charge in [-0.25, -0.2) is 9.78 Å². The smallest absolute Gasteiger partial charge is 0.352 e. The molecule has 150 valence electrons. The largest absolute Gasteiger partial charge is 0.477 e. The lowest BCUT2D eigenvalue weighted by Crippen LogP contribution is -2.71. The molecular weight excluding hydrogens is 411 g/mol. The number of thioether (sulfide) groups is 1. The number of hydrogen-bond donors (Lipinski definition) is 3. The summed E-state index contributed by atoms with van der Waals surface area (Å²) in [5, 5.41) is 16.2. The van der Waals surface area contributed by atoms with Crippen molar-refractivity contribution in [2.45, 2.75) is 11.4 Å². The van der Waals surface area contributed by atoms with Gasteiger partial charge in [0.1, 0.15) is 29.8 Å². The van der Waals surface area contributed by atoms with E-state index in [9.17, 15) is 19.5 Å². The number of hydrogen-bond acceptors (Lipinski definition) is 10. The van der Waals surface area contributed by atoms with E-state index in [1.807, 2.05) is 0 Å². The summed E-state index contributed by atoms with van der Waals surface area (Å²) in [6, 6.07) is -1.05. The highest BCUT2D eigenvalue weighted by Crippen LogP contribution is 2.40. The summed E-state index contributed by atoms with van der Waals surface area (Å²) in [6.07, 6.45) is 0. The van der Waals surface area contributed by atoms with E-state index in [4.69, 9.17) is 14.6 Å². The third-order valence-corrected chi connectivity index (χ3v) is 5.99. The predicted molar refractivity (Wildman–Crippen MR) is 102 cm³/mol. The first-order valence-corrected chi connectivity index (χ1v) is 9.63. The number of oxime groups is 1. The van der Waals surface area contributed by atoms with Crippen molar-refractivity contribution in [3.8, 4) is 0 Å². The average molecular weight is 431 g/mol. The number of anilines is 1. The first kappa shape index (κ1) is 16.3. The normalized spacial score (nSPS) is 23.9. The molecule has 28 heavy (non-hydrogen) atoms. The van der Waals surface area contributed by atoms with Crippen LogP contribution in [0.4, 0.5) is 5.13 Å². The molecule has 4 N–H and O–H groups in total. The summed E-state index contributed by atoms with van der Waals surface area (Å²) < 4.78 is 26.3. The molecular formula is C15H17N5O6S2. The summed E-state index contributed by atoms with van der Waals surface area (Å²) in [5.74, 6) is -2.54. The van der Waals surface area contributed by atoms with Gasteiger partial charge in [-0.3, -0.25) is 14.5 Å². The molecule has 2 atom stereocenters. The Kier molecular flexibility index (Phi) is 4.76. The van der Waals surface area contributed by atoms with E-state index in [0.29, 0.717) is 11.3 Å². The molecule has 1 saturated heterocycles. The van der Waals surface area contributed by atoms with Gasteiger partial charge in [0.2, 0.25) is 0 Å². The fourth-order valence-electron chi connectivity index (χ4n) is 2.82. The third kappa shape index (κ3) is 3.55. The van der Waals surface area contributed by atoms with Crippen molar-refractivity contribution in [3.63, 3.8) is 0 Å². The van der Waals surface area contributed by atoms with Crippen molar-refractivity contribution in [1.29, 1.82) is 0 Å². The highest BCUT2D eigenvalue weighted by Gasteiger charge is 2.54. The average Bonchev–Trinajstić information content (AvgIpc) is 3.10. The summed E-state index contributed by atoms with van der Waals surface area (Å²) in [5.41, 5.74) is 5.32. The molecule has 1 fully saturated rings. The van der Waals surface area contributed by atoms with E-state index >= 15 is 0 Å². The molecule has 0 radical (unpaired) electrons. The first-order valence-electron chi connectivity index (χ1n) is 9.21. The van der Waals surface area contributed by atoms with Gasteiger partial charge in [-0.15, -0.1) is 23.1 Å². The van der Waals surface area contributed by atoms with Crippen LogP contribution in [0.2, 0.25) is 0 Å². The number of carboxylic acids is 1. The van der Waals surface area contributed by atoms with Gasteiger partial charge in [0, 0.05) is 18.2 Å². The molecule has 0 unspecified atom stereocenters. The van der Waals surface area contributed by atoms with Crippen LogP contribution in [0.1, 0.15) is 9.81 Å². The lowest BCUT2D eigenvalue weighted by molar-refractivity contribution is -0.150. The Hall–Kier alpha value is -2.64. The maximum Gasteiger partial charge on any atom is 0.352 e. The number of β-lactam (4-membered cyclic amide) rings is 1. The van der Waals surface area contributed by atoms with Crippen molar-refractivity contribution in [2.24, 2.45) is 5.16 Å². The van der Waals surface area contributed by atoms with E-state index in [-0.39, 0.29) is 23.1 Å². The van der Waals surface area contributed by atoms with Crippen LogP contribution in [0, 0.1) is 0 Å². The molecule has 0 saturated carbocycles. The van der Waals surface area contributed by atoms with Crippen molar-refractivity contribution >= 4 is 51.7 Å². The van der Waals surface area contributed by atoms with Crippen molar-refractivity contribution < 1.29 is 33.2 Å². The minimum atomic E-state index is -2.91. The van der Waals surface area contributed by atoms with Crippen LogP contribution in [-0.4, -0.2) is 76.4 Å². The molecule has 3 rings (SSSR count). The summed E-state index contributed by atoms with van der Waals surface area (Å²) >= 11 is 2.26. The van der Waals surface area contributed by atoms with Gasteiger partial charge in [0.25, 0.3) is 11.8 Å². The second kappa shape index (κ2) is 8.16. The van der Waals surface area contributed by atoms with Crippen molar-refractivity contribution in [1.82, 2.24) is 15.2 Å². The highest BCUT2D eigenvalue weighted by atomic mass is 32.2. The number of carboxylic acid groups (broad SMARTS) is 1. The number of nitrogens with zero attached hydrogens (tertiary/aromatic N) is 3. The molecule has 1 aromatic rings. The molecule has 0 spiro atoms. The number of amides is 2. The molecule has 1 aromatic heterocycles. The molecule has 2 aliphatic rings. The van der Waals surface area contributed by atoms with Gasteiger partial charge in [-0.1, -0.05) is 5.16 Å². The minimum Gasteiger partial charge on any atom is -0.477 e. The Morgan fingerprint density at radius 2 is 2.39 bits per heavy atom. The van der Waals surface area contributed by atoms with Crippen LogP contribution in [0.25, 0.3) is 0 Å². The monoisotopic (exact) mass is 431 g/mol. The second-order valence-electron chi connectivity index (χ2n) is 5.65. The molecule has 2 aliphatic heterocycles. The number of nitrogens with two attached hydrogens (primary N) is 1. The van der Waals surface area contributed by atoms with Gasteiger partial charge in [-0.05, 0) is 5.57 Å². The zero-order chi connectivity index (χ0) is 22.9. The van der Waals surface area contributed by atoms with E-state index < -0.39 is 41.9 Å². The number of methoxy groups -OCH3 is 1. The second-order valence-corrected chi connectivity index (χ2v) is 7.65. The fourth-order valence-corrected chi connectivity index (χ4v) is 4.70. The number of rotatable bonds is 7. The number of aromatic nitrogens is 1. The minimum absolute atomic E-state index is 0.0299.